The molecule has 1 atom stereocenters. The van der Waals surface area contributed by atoms with E-state index in [1.54, 1.807) is 5.56 Å². The van der Waals surface area contributed by atoms with Gasteiger partial charge in [-0.05, 0) is 49.8 Å². The fourth-order valence-corrected chi connectivity index (χ4v) is 4.30. The first-order valence-electron chi connectivity index (χ1n) is 8.57. The first-order chi connectivity index (χ1) is 10.3. The van der Waals surface area contributed by atoms with Crippen LogP contribution < -0.4 is 5.73 Å². The molecule has 0 radical (unpaired) electrons. The number of hydrogen-bond donors (Lipinski definition) is 1. The smallest absolute Gasteiger partial charge is 0.0474 e. The van der Waals surface area contributed by atoms with E-state index in [0.29, 0.717) is 0 Å². The highest BCUT2D eigenvalue weighted by atomic mass is 15.3. The molecular weight excluding hydrogens is 258 g/mol. The zero-order valence-electron chi connectivity index (χ0n) is 12.9. The molecule has 1 saturated carbocycles. The summed E-state index contributed by atoms with van der Waals surface area (Å²) in [6.45, 7) is 5.53. The standard InChI is InChI=1S/C18H27N3/c19-13-18(9-11-20(14-18)17-7-8-17)21-10-3-6-15-4-1-2-5-16(15)12-21/h1-2,4-5,17H,3,6-14,19H2. The highest BCUT2D eigenvalue weighted by Crippen LogP contribution is 2.37. The van der Waals surface area contributed by atoms with Crippen LogP contribution >= 0.6 is 0 Å². The van der Waals surface area contributed by atoms with Gasteiger partial charge in [-0.25, -0.2) is 0 Å². The molecule has 2 N–H and O–H groups in total. The quantitative estimate of drug-likeness (QED) is 0.922. The van der Waals surface area contributed by atoms with E-state index < -0.39 is 0 Å². The van der Waals surface area contributed by atoms with Crippen molar-refractivity contribution in [3.05, 3.63) is 35.4 Å². The minimum Gasteiger partial charge on any atom is -0.329 e. The maximum Gasteiger partial charge on any atom is 0.0474 e. The Morgan fingerprint density at radius 3 is 2.71 bits per heavy atom. The SMILES string of the molecule is NCC1(N2CCCc3ccccc3C2)CCN(C2CC2)C1. The largest absolute Gasteiger partial charge is 0.329 e. The molecule has 1 unspecified atom stereocenters. The third-order valence-corrected chi connectivity index (χ3v) is 5.83. The fourth-order valence-electron chi connectivity index (χ4n) is 4.30. The number of likely N-dealkylation sites (tertiary alicyclic amines) is 1. The molecule has 2 heterocycles. The van der Waals surface area contributed by atoms with E-state index in [4.69, 9.17) is 5.73 Å². The van der Waals surface area contributed by atoms with Gasteiger partial charge in [0, 0.05) is 37.8 Å². The number of fused-ring (bicyclic) bond motifs is 1. The van der Waals surface area contributed by atoms with Gasteiger partial charge < -0.3 is 5.73 Å². The first kappa shape index (κ1) is 13.7. The highest BCUT2D eigenvalue weighted by Gasteiger charge is 2.45. The summed E-state index contributed by atoms with van der Waals surface area (Å²) in [6, 6.07) is 9.85. The van der Waals surface area contributed by atoms with Gasteiger partial charge in [0.1, 0.15) is 0 Å². The van der Waals surface area contributed by atoms with Crippen molar-refractivity contribution < 1.29 is 0 Å². The van der Waals surface area contributed by atoms with Gasteiger partial charge in [0.25, 0.3) is 0 Å². The van der Waals surface area contributed by atoms with E-state index in [9.17, 15) is 0 Å². The second kappa shape index (κ2) is 5.38. The summed E-state index contributed by atoms with van der Waals surface area (Å²) in [5.74, 6) is 0. The Bertz CT molecular complexity index is 511. The van der Waals surface area contributed by atoms with Crippen LogP contribution in [0.2, 0.25) is 0 Å². The van der Waals surface area contributed by atoms with Crippen LogP contribution in [0.4, 0.5) is 0 Å². The Balaban J connectivity index is 1.56. The summed E-state index contributed by atoms with van der Waals surface area (Å²) < 4.78 is 0. The van der Waals surface area contributed by atoms with Crippen LogP contribution in [0.3, 0.4) is 0 Å². The molecule has 1 saturated heterocycles. The van der Waals surface area contributed by atoms with Gasteiger partial charge in [-0.15, -0.1) is 0 Å². The summed E-state index contributed by atoms with van der Waals surface area (Å²) in [6.07, 6.45) is 6.55. The first-order valence-corrected chi connectivity index (χ1v) is 8.57. The summed E-state index contributed by atoms with van der Waals surface area (Å²) in [4.78, 5) is 5.41. The van der Waals surface area contributed by atoms with E-state index in [-0.39, 0.29) is 5.54 Å². The molecule has 3 nitrogen and oxygen atoms in total. The van der Waals surface area contributed by atoms with Gasteiger partial charge in [-0.1, -0.05) is 24.3 Å². The molecule has 114 valence electrons. The molecule has 0 amide bonds. The average Bonchev–Trinajstić information content (AvgIpc) is 3.31. The third kappa shape index (κ3) is 2.52. The maximum atomic E-state index is 6.29. The molecule has 1 aromatic rings. The van der Waals surface area contributed by atoms with Crippen molar-refractivity contribution in [2.75, 3.05) is 26.2 Å². The van der Waals surface area contributed by atoms with Crippen LogP contribution in [0.1, 0.15) is 36.8 Å². The zero-order valence-corrected chi connectivity index (χ0v) is 12.9. The van der Waals surface area contributed by atoms with E-state index in [1.807, 2.05) is 0 Å². The van der Waals surface area contributed by atoms with E-state index in [2.05, 4.69) is 34.1 Å². The van der Waals surface area contributed by atoms with Gasteiger partial charge in [-0.2, -0.15) is 0 Å². The molecule has 0 spiro atoms. The van der Waals surface area contributed by atoms with Crippen LogP contribution in [0.15, 0.2) is 24.3 Å². The molecule has 1 aromatic carbocycles. The molecule has 1 aliphatic carbocycles. The Kier molecular flexibility index (Phi) is 3.52. The lowest BCUT2D eigenvalue weighted by molar-refractivity contribution is 0.0909. The number of rotatable bonds is 3. The molecule has 3 aliphatic rings. The van der Waals surface area contributed by atoms with E-state index in [0.717, 1.165) is 19.1 Å². The molecule has 2 fully saturated rings. The lowest BCUT2D eigenvalue weighted by Crippen LogP contribution is -2.55. The van der Waals surface area contributed by atoms with Gasteiger partial charge in [0.15, 0.2) is 0 Å². The molecule has 0 aromatic heterocycles. The predicted molar refractivity (Wildman–Crippen MR) is 86.2 cm³/mol. The lowest BCUT2D eigenvalue weighted by atomic mass is 9.95. The van der Waals surface area contributed by atoms with Gasteiger partial charge in [-0.3, -0.25) is 9.80 Å². The molecule has 0 bridgehead atoms. The molecule has 21 heavy (non-hydrogen) atoms. The highest BCUT2D eigenvalue weighted by molar-refractivity contribution is 5.28. The second-order valence-electron chi connectivity index (χ2n) is 7.17. The van der Waals surface area contributed by atoms with Crippen molar-refractivity contribution in [3.8, 4) is 0 Å². The Morgan fingerprint density at radius 2 is 1.95 bits per heavy atom. The van der Waals surface area contributed by atoms with Crippen LogP contribution in [0.25, 0.3) is 0 Å². The van der Waals surface area contributed by atoms with Crippen molar-refractivity contribution in [2.45, 2.75) is 50.2 Å². The Morgan fingerprint density at radius 1 is 1.14 bits per heavy atom. The lowest BCUT2D eigenvalue weighted by Gasteiger charge is -2.40. The van der Waals surface area contributed by atoms with Crippen molar-refractivity contribution >= 4 is 0 Å². The van der Waals surface area contributed by atoms with Crippen LogP contribution in [-0.4, -0.2) is 47.6 Å². The van der Waals surface area contributed by atoms with Crippen molar-refractivity contribution in [1.29, 1.82) is 0 Å². The number of nitrogens with zero attached hydrogens (tertiary/aromatic N) is 2. The second-order valence-corrected chi connectivity index (χ2v) is 7.17. The number of nitrogens with two attached hydrogens (primary N) is 1. The predicted octanol–water partition coefficient (Wildman–Crippen LogP) is 2.00. The average molecular weight is 285 g/mol. The molecular formula is C18H27N3. The van der Waals surface area contributed by atoms with Gasteiger partial charge in [0.05, 0.1) is 0 Å². The van der Waals surface area contributed by atoms with E-state index in [1.165, 1.54) is 57.3 Å². The number of aryl methyl sites for hydroxylation is 1. The van der Waals surface area contributed by atoms with Crippen molar-refractivity contribution in [3.63, 3.8) is 0 Å². The van der Waals surface area contributed by atoms with E-state index >= 15 is 0 Å². The van der Waals surface area contributed by atoms with Gasteiger partial charge >= 0.3 is 0 Å². The molecule has 2 aliphatic heterocycles. The third-order valence-electron chi connectivity index (χ3n) is 5.83. The van der Waals surface area contributed by atoms with Crippen molar-refractivity contribution in [1.82, 2.24) is 9.80 Å². The summed E-state index contributed by atoms with van der Waals surface area (Å²) in [7, 11) is 0. The zero-order chi connectivity index (χ0) is 14.3. The Hall–Kier alpha value is -0.900. The Labute approximate surface area is 128 Å². The van der Waals surface area contributed by atoms with Crippen LogP contribution in [-0.2, 0) is 13.0 Å². The number of hydrogen-bond acceptors (Lipinski definition) is 3. The fraction of sp³-hybridized carbons (Fsp3) is 0.667. The minimum absolute atomic E-state index is 0.222. The summed E-state index contributed by atoms with van der Waals surface area (Å²) in [5, 5.41) is 0. The van der Waals surface area contributed by atoms with Crippen molar-refractivity contribution in [2.24, 2.45) is 5.73 Å². The summed E-state index contributed by atoms with van der Waals surface area (Å²) in [5.41, 5.74) is 9.57. The molecule has 4 rings (SSSR count). The van der Waals surface area contributed by atoms with Crippen LogP contribution in [0.5, 0.6) is 0 Å². The minimum atomic E-state index is 0.222. The van der Waals surface area contributed by atoms with Crippen LogP contribution in [0, 0.1) is 0 Å². The number of benzene rings is 1. The van der Waals surface area contributed by atoms with Gasteiger partial charge in [0.2, 0.25) is 0 Å². The molecule has 3 heteroatoms. The topological polar surface area (TPSA) is 32.5 Å². The maximum absolute atomic E-state index is 6.29. The normalized spacial score (nSPS) is 31.1. The summed E-state index contributed by atoms with van der Waals surface area (Å²) >= 11 is 0. The monoisotopic (exact) mass is 285 g/mol.